The maximum atomic E-state index is 5.81. The van der Waals surface area contributed by atoms with Crippen LogP contribution in [-0.2, 0) is 0 Å². The highest BCUT2D eigenvalue weighted by molar-refractivity contribution is 5.33. The van der Waals surface area contributed by atoms with Crippen LogP contribution < -0.4 is 9.47 Å². The van der Waals surface area contributed by atoms with Crippen molar-refractivity contribution < 1.29 is 9.47 Å². The van der Waals surface area contributed by atoms with Crippen LogP contribution in [0.3, 0.4) is 0 Å². The van der Waals surface area contributed by atoms with Gasteiger partial charge in [-0.25, -0.2) is 0 Å². The molecular weight excluding hydrogens is 238 g/mol. The maximum Gasteiger partial charge on any atom is 0.123 e. The molecule has 3 heteroatoms. The van der Waals surface area contributed by atoms with E-state index in [2.05, 4.69) is 4.90 Å². The molecule has 0 saturated carbocycles. The number of likely N-dealkylation sites (tertiary alicyclic amines) is 1. The summed E-state index contributed by atoms with van der Waals surface area (Å²) in [5, 5.41) is 0. The number of hydrogen-bond donors (Lipinski definition) is 0. The van der Waals surface area contributed by atoms with Crippen LogP contribution in [0.5, 0.6) is 11.5 Å². The van der Waals surface area contributed by atoms with Crippen LogP contribution >= 0.6 is 0 Å². The van der Waals surface area contributed by atoms with Crippen LogP contribution in [0.2, 0.25) is 0 Å². The Labute approximate surface area is 116 Å². The van der Waals surface area contributed by atoms with Crippen molar-refractivity contribution in [1.29, 1.82) is 0 Å². The van der Waals surface area contributed by atoms with Crippen molar-refractivity contribution >= 4 is 0 Å². The number of ether oxygens (including phenoxy) is 2. The van der Waals surface area contributed by atoms with Crippen molar-refractivity contribution in [2.24, 2.45) is 0 Å². The van der Waals surface area contributed by atoms with E-state index >= 15 is 0 Å². The van der Waals surface area contributed by atoms with E-state index in [1.165, 1.54) is 32.4 Å². The fourth-order valence-electron chi connectivity index (χ4n) is 2.39. The first-order valence-corrected chi connectivity index (χ1v) is 7.36. The van der Waals surface area contributed by atoms with E-state index < -0.39 is 0 Å². The van der Waals surface area contributed by atoms with Crippen LogP contribution in [0.4, 0.5) is 0 Å². The lowest BCUT2D eigenvalue weighted by molar-refractivity contribution is 0.182. The van der Waals surface area contributed by atoms with Crippen molar-refractivity contribution in [3.05, 3.63) is 24.3 Å². The molecule has 1 aliphatic heterocycles. The van der Waals surface area contributed by atoms with Gasteiger partial charge in [-0.15, -0.1) is 0 Å². The lowest BCUT2D eigenvalue weighted by Gasteiger charge is -2.26. The molecule has 0 aromatic heterocycles. The largest absolute Gasteiger partial charge is 0.492 e. The monoisotopic (exact) mass is 263 g/mol. The smallest absolute Gasteiger partial charge is 0.123 e. The highest BCUT2D eigenvalue weighted by Gasteiger charge is 2.09. The van der Waals surface area contributed by atoms with Gasteiger partial charge in [0.1, 0.15) is 18.1 Å². The number of benzene rings is 1. The first-order valence-electron chi connectivity index (χ1n) is 7.36. The average Bonchev–Trinajstić information content (AvgIpc) is 2.40. The SMILES string of the molecule is CC(C)Oc1cccc(OCCN2CCCCC2)c1. The minimum absolute atomic E-state index is 0.198. The second kappa shape index (κ2) is 7.39. The molecule has 0 spiro atoms. The van der Waals surface area contributed by atoms with E-state index in [4.69, 9.17) is 9.47 Å². The Morgan fingerprint density at radius 3 is 2.58 bits per heavy atom. The van der Waals surface area contributed by atoms with Crippen molar-refractivity contribution in [3.63, 3.8) is 0 Å². The molecule has 1 heterocycles. The third kappa shape index (κ3) is 5.11. The Balaban J connectivity index is 1.75. The van der Waals surface area contributed by atoms with Crippen molar-refractivity contribution in [2.75, 3.05) is 26.2 Å². The highest BCUT2D eigenvalue weighted by Crippen LogP contribution is 2.20. The molecule has 3 nitrogen and oxygen atoms in total. The molecule has 106 valence electrons. The van der Waals surface area contributed by atoms with Crippen LogP contribution in [0.1, 0.15) is 33.1 Å². The molecule has 19 heavy (non-hydrogen) atoms. The lowest BCUT2D eigenvalue weighted by atomic mass is 10.1. The summed E-state index contributed by atoms with van der Waals surface area (Å²) in [5.74, 6) is 1.78. The molecule has 1 saturated heterocycles. The summed E-state index contributed by atoms with van der Waals surface area (Å²) in [6, 6.07) is 7.91. The van der Waals surface area contributed by atoms with E-state index in [-0.39, 0.29) is 6.10 Å². The van der Waals surface area contributed by atoms with Gasteiger partial charge in [0.05, 0.1) is 6.10 Å². The van der Waals surface area contributed by atoms with Gasteiger partial charge in [-0.2, -0.15) is 0 Å². The number of rotatable bonds is 6. The van der Waals surface area contributed by atoms with E-state index in [0.717, 1.165) is 24.7 Å². The third-order valence-electron chi connectivity index (χ3n) is 3.30. The second-order valence-electron chi connectivity index (χ2n) is 5.39. The molecule has 0 atom stereocenters. The molecule has 0 amide bonds. The zero-order chi connectivity index (χ0) is 13.5. The molecule has 0 aliphatic carbocycles. The van der Waals surface area contributed by atoms with Gasteiger partial charge in [0, 0.05) is 12.6 Å². The first kappa shape index (κ1) is 14.2. The molecule has 0 unspecified atom stereocenters. The van der Waals surface area contributed by atoms with Gasteiger partial charge in [-0.1, -0.05) is 12.5 Å². The van der Waals surface area contributed by atoms with Crippen LogP contribution in [0.15, 0.2) is 24.3 Å². The molecule has 1 aliphatic rings. The molecule has 1 aromatic carbocycles. The minimum Gasteiger partial charge on any atom is -0.492 e. The number of hydrogen-bond acceptors (Lipinski definition) is 3. The zero-order valence-corrected chi connectivity index (χ0v) is 12.1. The Morgan fingerprint density at radius 1 is 1.11 bits per heavy atom. The fraction of sp³-hybridized carbons (Fsp3) is 0.625. The summed E-state index contributed by atoms with van der Waals surface area (Å²) in [7, 11) is 0. The van der Waals surface area contributed by atoms with Crippen LogP contribution in [0.25, 0.3) is 0 Å². The standard InChI is InChI=1S/C16H25NO2/c1-14(2)19-16-8-6-7-15(13-16)18-12-11-17-9-4-3-5-10-17/h6-8,13-14H,3-5,9-12H2,1-2H3. The second-order valence-corrected chi connectivity index (χ2v) is 5.39. The van der Waals surface area contributed by atoms with E-state index in [9.17, 15) is 0 Å². The molecular formula is C16H25NO2. The van der Waals surface area contributed by atoms with E-state index in [0.29, 0.717) is 0 Å². The molecule has 2 rings (SSSR count). The summed E-state index contributed by atoms with van der Waals surface area (Å²) < 4.78 is 11.5. The Bertz CT molecular complexity index is 373. The van der Waals surface area contributed by atoms with E-state index in [1.807, 2.05) is 38.1 Å². The summed E-state index contributed by atoms with van der Waals surface area (Å²) in [6.45, 7) is 8.29. The first-order chi connectivity index (χ1) is 9.24. The number of piperidine rings is 1. The Morgan fingerprint density at radius 2 is 1.84 bits per heavy atom. The molecule has 0 N–H and O–H groups in total. The van der Waals surface area contributed by atoms with Crippen molar-refractivity contribution in [3.8, 4) is 11.5 Å². The van der Waals surface area contributed by atoms with Gasteiger partial charge < -0.3 is 9.47 Å². The van der Waals surface area contributed by atoms with Crippen LogP contribution in [0, 0.1) is 0 Å². The topological polar surface area (TPSA) is 21.7 Å². The van der Waals surface area contributed by atoms with Gasteiger partial charge in [-0.3, -0.25) is 4.90 Å². The summed E-state index contributed by atoms with van der Waals surface area (Å²) in [5.41, 5.74) is 0. The van der Waals surface area contributed by atoms with Crippen molar-refractivity contribution in [2.45, 2.75) is 39.2 Å². The van der Waals surface area contributed by atoms with Gasteiger partial charge in [0.15, 0.2) is 0 Å². The lowest BCUT2D eigenvalue weighted by Crippen LogP contribution is -2.33. The third-order valence-corrected chi connectivity index (χ3v) is 3.30. The molecule has 0 radical (unpaired) electrons. The normalized spacial score (nSPS) is 16.6. The molecule has 1 aromatic rings. The van der Waals surface area contributed by atoms with Gasteiger partial charge >= 0.3 is 0 Å². The summed E-state index contributed by atoms with van der Waals surface area (Å²) in [6.07, 6.45) is 4.24. The summed E-state index contributed by atoms with van der Waals surface area (Å²) >= 11 is 0. The Hall–Kier alpha value is -1.22. The van der Waals surface area contributed by atoms with E-state index in [1.54, 1.807) is 0 Å². The van der Waals surface area contributed by atoms with Gasteiger partial charge in [-0.05, 0) is 51.9 Å². The summed E-state index contributed by atoms with van der Waals surface area (Å²) in [4.78, 5) is 2.48. The molecule has 1 fully saturated rings. The number of nitrogens with zero attached hydrogens (tertiary/aromatic N) is 1. The quantitative estimate of drug-likeness (QED) is 0.785. The van der Waals surface area contributed by atoms with Crippen molar-refractivity contribution in [1.82, 2.24) is 4.90 Å². The zero-order valence-electron chi connectivity index (χ0n) is 12.1. The predicted octanol–water partition coefficient (Wildman–Crippen LogP) is 3.34. The average molecular weight is 263 g/mol. The minimum atomic E-state index is 0.198. The molecule has 0 bridgehead atoms. The highest BCUT2D eigenvalue weighted by atomic mass is 16.5. The van der Waals surface area contributed by atoms with Gasteiger partial charge in [0.25, 0.3) is 0 Å². The Kier molecular flexibility index (Phi) is 5.52. The predicted molar refractivity (Wildman–Crippen MR) is 78.0 cm³/mol. The van der Waals surface area contributed by atoms with Gasteiger partial charge in [0.2, 0.25) is 0 Å². The fourth-order valence-corrected chi connectivity index (χ4v) is 2.39. The maximum absolute atomic E-state index is 5.81. The van der Waals surface area contributed by atoms with Crippen LogP contribution in [-0.4, -0.2) is 37.2 Å².